The maximum atomic E-state index is 5.22. The molecule has 8 aromatic carbocycles. The number of nitrogens with zero attached hydrogens (tertiary/aromatic N) is 2. The van der Waals surface area contributed by atoms with E-state index in [0.717, 1.165) is 44.3 Å². The van der Waals surface area contributed by atoms with Crippen molar-refractivity contribution in [1.29, 1.82) is 0 Å². The first kappa shape index (κ1) is 28.4. The minimum atomic E-state index is 0.919. The van der Waals surface area contributed by atoms with Crippen molar-refractivity contribution < 1.29 is 0 Å². The summed E-state index contributed by atoms with van der Waals surface area (Å²) in [6, 6.07) is 65.1. The molecule has 2 heteroatoms. The van der Waals surface area contributed by atoms with Gasteiger partial charge in [-0.05, 0) is 66.7 Å². The summed E-state index contributed by atoms with van der Waals surface area (Å²) in [6.07, 6.45) is 0. The predicted octanol–water partition coefficient (Wildman–Crippen LogP) is 12.9. The van der Waals surface area contributed by atoms with E-state index in [-0.39, 0.29) is 0 Å². The molecule has 10 aromatic rings. The van der Waals surface area contributed by atoms with Crippen LogP contribution in [0.5, 0.6) is 0 Å². The number of aromatic nitrogens is 2. The fourth-order valence-corrected chi connectivity index (χ4v) is 7.68. The van der Waals surface area contributed by atoms with Gasteiger partial charge in [-0.2, -0.15) is 0 Å². The largest absolute Gasteiger partial charge is 0.245 e. The topological polar surface area (TPSA) is 25.8 Å². The first-order valence-electron chi connectivity index (χ1n) is 17.1. The lowest BCUT2D eigenvalue weighted by atomic mass is 9.84. The van der Waals surface area contributed by atoms with Gasteiger partial charge in [-0.3, -0.25) is 0 Å². The van der Waals surface area contributed by atoms with E-state index in [0.29, 0.717) is 0 Å². The van der Waals surface area contributed by atoms with Gasteiger partial charge in [0.15, 0.2) is 0 Å². The van der Waals surface area contributed by atoms with E-state index in [4.69, 9.17) is 9.97 Å². The van der Waals surface area contributed by atoms with E-state index in [1.807, 2.05) is 6.07 Å². The van der Waals surface area contributed by atoms with Crippen molar-refractivity contribution in [2.45, 2.75) is 0 Å². The van der Waals surface area contributed by atoms with E-state index in [1.54, 1.807) is 0 Å². The van der Waals surface area contributed by atoms with Gasteiger partial charge in [0.05, 0.1) is 22.4 Å². The van der Waals surface area contributed by atoms with E-state index in [9.17, 15) is 0 Å². The van der Waals surface area contributed by atoms with Gasteiger partial charge in [-0.1, -0.05) is 170 Å². The molecule has 0 aliphatic heterocycles. The zero-order chi connectivity index (χ0) is 33.0. The van der Waals surface area contributed by atoms with Gasteiger partial charge in [0, 0.05) is 21.9 Å². The molecule has 0 atom stereocenters. The summed E-state index contributed by atoms with van der Waals surface area (Å²) in [5, 5.41) is 9.70. The van der Waals surface area contributed by atoms with Crippen molar-refractivity contribution in [3.8, 4) is 44.8 Å². The number of pyridine rings is 2. The third kappa shape index (κ3) is 4.57. The van der Waals surface area contributed by atoms with Crippen molar-refractivity contribution in [2.75, 3.05) is 0 Å². The van der Waals surface area contributed by atoms with Crippen LogP contribution in [-0.4, -0.2) is 9.97 Å². The van der Waals surface area contributed by atoms with Crippen LogP contribution in [0.4, 0.5) is 0 Å². The highest BCUT2D eigenvalue weighted by Crippen LogP contribution is 2.45. The average Bonchev–Trinajstić information content (AvgIpc) is 3.20. The molecule has 0 saturated carbocycles. The Hall–Kier alpha value is -6.64. The van der Waals surface area contributed by atoms with Crippen molar-refractivity contribution in [3.63, 3.8) is 0 Å². The third-order valence-corrected chi connectivity index (χ3v) is 10.0. The molecular weight excluding hydrogens is 605 g/mol. The Labute approximate surface area is 290 Å². The summed E-state index contributed by atoms with van der Waals surface area (Å²) in [6.45, 7) is 0. The van der Waals surface area contributed by atoms with Crippen LogP contribution in [0, 0.1) is 0 Å². The Kier molecular flexibility index (Phi) is 6.53. The highest BCUT2D eigenvalue weighted by molar-refractivity contribution is 6.23. The number of fused-ring (bicyclic) bond motifs is 6. The second-order valence-electron chi connectivity index (χ2n) is 12.9. The quantitative estimate of drug-likeness (QED) is 0.142. The van der Waals surface area contributed by atoms with Gasteiger partial charge in [0.1, 0.15) is 0 Å². The molecule has 0 aliphatic carbocycles. The molecule has 0 fully saturated rings. The second-order valence-corrected chi connectivity index (χ2v) is 12.9. The van der Waals surface area contributed by atoms with Gasteiger partial charge < -0.3 is 0 Å². The van der Waals surface area contributed by atoms with Gasteiger partial charge >= 0.3 is 0 Å². The van der Waals surface area contributed by atoms with Crippen LogP contribution in [0.2, 0.25) is 0 Å². The maximum Gasteiger partial charge on any atom is 0.0972 e. The van der Waals surface area contributed by atoms with Crippen LogP contribution >= 0.6 is 0 Å². The lowest BCUT2D eigenvalue weighted by Gasteiger charge is -2.19. The minimum absolute atomic E-state index is 0.919. The van der Waals surface area contributed by atoms with Crippen LogP contribution in [0.15, 0.2) is 182 Å². The van der Waals surface area contributed by atoms with Crippen molar-refractivity contribution in [3.05, 3.63) is 182 Å². The molecule has 10 rings (SSSR count). The summed E-state index contributed by atoms with van der Waals surface area (Å²) in [5.41, 5.74) is 10.9. The molecule has 2 nitrogen and oxygen atoms in total. The van der Waals surface area contributed by atoms with Gasteiger partial charge in [0.25, 0.3) is 0 Å². The molecule has 0 amide bonds. The molecule has 0 unspecified atom stereocenters. The Balaban J connectivity index is 1.12. The molecule has 0 N–H and O–H groups in total. The Morgan fingerprint density at radius 2 is 0.700 bits per heavy atom. The van der Waals surface area contributed by atoms with E-state index in [1.165, 1.54) is 54.6 Å². The highest BCUT2D eigenvalue weighted by Gasteiger charge is 2.18. The number of benzene rings is 8. The molecule has 232 valence electrons. The zero-order valence-corrected chi connectivity index (χ0v) is 27.2. The molecule has 2 heterocycles. The van der Waals surface area contributed by atoms with Crippen molar-refractivity contribution in [2.24, 2.45) is 0 Å². The third-order valence-electron chi connectivity index (χ3n) is 10.0. The van der Waals surface area contributed by atoms with E-state index >= 15 is 0 Å². The smallest absolute Gasteiger partial charge is 0.0972 e. The first-order valence-corrected chi connectivity index (χ1v) is 17.1. The Bertz CT molecular complexity index is 2850. The molecule has 0 aliphatic rings. The molecular formula is C48H30N2. The van der Waals surface area contributed by atoms with Crippen LogP contribution in [0.25, 0.3) is 98.9 Å². The number of hydrogen-bond donors (Lipinski definition) is 0. The number of rotatable bonds is 4. The lowest BCUT2D eigenvalue weighted by Crippen LogP contribution is -1.92. The highest BCUT2D eigenvalue weighted by atomic mass is 14.8. The fraction of sp³-hybridized carbons (Fsp3) is 0. The van der Waals surface area contributed by atoms with Crippen LogP contribution in [0.1, 0.15) is 0 Å². The summed E-state index contributed by atoms with van der Waals surface area (Å²) in [5.74, 6) is 0. The van der Waals surface area contributed by atoms with E-state index in [2.05, 4.69) is 176 Å². The maximum absolute atomic E-state index is 5.22. The van der Waals surface area contributed by atoms with Crippen LogP contribution < -0.4 is 0 Å². The number of hydrogen-bond acceptors (Lipinski definition) is 2. The standard InChI is InChI=1S/C48H30N2/c1-2-12-32(13-3-1)43-29-27-35-25-26-36-28-30-44(50-48(36)47(35)49-43)33-21-23-34(24-22-33)45-39-16-6-8-18-41(39)46(42-19-9-7-17-40(42)45)38-20-10-14-31-11-4-5-15-37(31)38/h1-30H. The summed E-state index contributed by atoms with van der Waals surface area (Å²) in [7, 11) is 0. The molecule has 0 spiro atoms. The van der Waals surface area contributed by atoms with Crippen molar-refractivity contribution in [1.82, 2.24) is 9.97 Å². The van der Waals surface area contributed by atoms with Gasteiger partial charge in [-0.25, -0.2) is 9.97 Å². The summed E-state index contributed by atoms with van der Waals surface area (Å²) >= 11 is 0. The van der Waals surface area contributed by atoms with Gasteiger partial charge in [-0.15, -0.1) is 0 Å². The van der Waals surface area contributed by atoms with Crippen LogP contribution in [-0.2, 0) is 0 Å². The summed E-state index contributed by atoms with van der Waals surface area (Å²) in [4.78, 5) is 10.3. The SMILES string of the molecule is c1ccc(-c2ccc3ccc4ccc(-c5ccc(-c6c7ccccc7c(-c7cccc8ccccc78)c7ccccc67)cc5)nc4c3n2)cc1. The summed E-state index contributed by atoms with van der Waals surface area (Å²) < 4.78 is 0. The molecule has 2 aromatic heterocycles. The zero-order valence-electron chi connectivity index (χ0n) is 27.2. The van der Waals surface area contributed by atoms with E-state index < -0.39 is 0 Å². The lowest BCUT2D eigenvalue weighted by molar-refractivity contribution is 1.36. The Morgan fingerprint density at radius 3 is 1.30 bits per heavy atom. The monoisotopic (exact) mass is 634 g/mol. The van der Waals surface area contributed by atoms with Crippen LogP contribution in [0.3, 0.4) is 0 Å². The molecule has 0 radical (unpaired) electrons. The van der Waals surface area contributed by atoms with Crippen molar-refractivity contribution >= 4 is 54.1 Å². The fourth-order valence-electron chi connectivity index (χ4n) is 7.68. The average molecular weight is 635 g/mol. The second kappa shape index (κ2) is 11.5. The molecule has 50 heavy (non-hydrogen) atoms. The van der Waals surface area contributed by atoms with Gasteiger partial charge in [0.2, 0.25) is 0 Å². The normalized spacial score (nSPS) is 11.6. The predicted molar refractivity (Wildman–Crippen MR) is 211 cm³/mol. The Morgan fingerprint density at radius 1 is 0.260 bits per heavy atom. The molecule has 0 bridgehead atoms. The first-order chi connectivity index (χ1) is 24.8. The molecule has 0 saturated heterocycles. The minimum Gasteiger partial charge on any atom is -0.245 e.